The average molecular weight is 248 g/mol. The molecule has 0 spiro atoms. The number of aldehydes is 1. The number of aromatic carboxylic acids is 1. The third-order valence-corrected chi connectivity index (χ3v) is 3.39. The minimum absolute atomic E-state index is 0.0369. The van der Waals surface area contributed by atoms with E-state index in [0.717, 1.165) is 12.8 Å². The number of carboxylic acids is 1. The highest BCUT2D eigenvalue weighted by molar-refractivity contribution is 5.94. The third kappa shape index (κ3) is 2.91. The summed E-state index contributed by atoms with van der Waals surface area (Å²) in [6.45, 7) is 0. The largest absolute Gasteiger partial charge is 0.476 e. The lowest BCUT2D eigenvalue weighted by Gasteiger charge is -2.20. The first kappa shape index (κ1) is 12.7. The molecule has 2 rings (SSSR count). The van der Waals surface area contributed by atoms with E-state index in [1.165, 1.54) is 25.5 Å². The molecule has 1 aromatic heterocycles. The van der Waals surface area contributed by atoms with Gasteiger partial charge in [-0.2, -0.15) is 0 Å². The Kier molecular flexibility index (Phi) is 4.02. The Morgan fingerprint density at radius 2 is 2.11 bits per heavy atom. The molecule has 0 aliphatic heterocycles. The molecule has 0 amide bonds. The lowest BCUT2D eigenvalue weighted by Crippen LogP contribution is -2.14. The van der Waals surface area contributed by atoms with Gasteiger partial charge in [-0.05, 0) is 5.92 Å². The Morgan fingerprint density at radius 1 is 1.39 bits per heavy atom. The van der Waals surface area contributed by atoms with Crippen LogP contribution in [0.3, 0.4) is 0 Å². The van der Waals surface area contributed by atoms with Crippen LogP contribution in [0.4, 0.5) is 0 Å². The maximum absolute atomic E-state index is 11.0. The number of hydrogen-bond donors (Lipinski definition) is 1. The Balaban J connectivity index is 2.15. The van der Waals surface area contributed by atoms with Gasteiger partial charge in [0.15, 0.2) is 12.0 Å². The van der Waals surface area contributed by atoms with E-state index in [0.29, 0.717) is 24.4 Å². The standard InChI is InChI=1S/C13H16N2O3/c16-8-10-7-14-11(15-12(10)13(17)18)6-9-4-2-1-3-5-9/h7-9H,1-6H2,(H,17,18). The normalized spacial score (nSPS) is 16.4. The minimum Gasteiger partial charge on any atom is -0.476 e. The summed E-state index contributed by atoms with van der Waals surface area (Å²) in [5, 5.41) is 8.98. The summed E-state index contributed by atoms with van der Waals surface area (Å²) < 4.78 is 0. The molecular formula is C13H16N2O3. The van der Waals surface area contributed by atoms with Crippen LogP contribution in [-0.2, 0) is 6.42 Å². The highest BCUT2D eigenvalue weighted by atomic mass is 16.4. The van der Waals surface area contributed by atoms with Crippen LogP contribution >= 0.6 is 0 Å². The molecule has 0 unspecified atom stereocenters. The van der Waals surface area contributed by atoms with Crippen molar-refractivity contribution in [2.45, 2.75) is 38.5 Å². The van der Waals surface area contributed by atoms with E-state index in [4.69, 9.17) is 5.11 Å². The maximum Gasteiger partial charge on any atom is 0.355 e. The van der Waals surface area contributed by atoms with Crippen LogP contribution in [-0.4, -0.2) is 27.3 Å². The molecule has 0 aromatic carbocycles. The second kappa shape index (κ2) is 5.71. The Bertz CT molecular complexity index is 454. The Hall–Kier alpha value is -1.78. The quantitative estimate of drug-likeness (QED) is 0.825. The van der Waals surface area contributed by atoms with Gasteiger partial charge in [-0.1, -0.05) is 32.1 Å². The molecule has 1 N–H and O–H groups in total. The predicted octanol–water partition coefficient (Wildman–Crippen LogP) is 2.11. The van der Waals surface area contributed by atoms with Crippen molar-refractivity contribution < 1.29 is 14.7 Å². The van der Waals surface area contributed by atoms with Gasteiger partial charge in [0.2, 0.25) is 0 Å². The fourth-order valence-electron chi connectivity index (χ4n) is 2.43. The zero-order chi connectivity index (χ0) is 13.0. The smallest absolute Gasteiger partial charge is 0.355 e. The van der Waals surface area contributed by atoms with E-state index in [1.807, 2.05) is 0 Å². The van der Waals surface area contributed by atoms with E-state index in [9.17, 15) is 9.59 Å². The predicted molar refractivity (Wildman–Crippen MR) is 64.7 cm³/mol. The van der Waals surface area contributed by atoms with Crippen molar-refractivity contribution in [3.05, 3.63) is 23.3 Å². The molecule has 5 nitrogen and oxygen atoms in total. The third-order valence-electron chi connectivity index (χ3n) is 3.39. The Morgan fingerprint density at radius 3 is 2.72 bits per heavy atom. The molecule has 1 heterocycles. The summed E-state index contributed by atoms with van der Waals surface area (Å²) >= 11 is 0. The molecule has 96 valence electrons. The molecule has 18 heavy (non-hydrogen) atoms. The van der Waals surface area contributed by atoms with E-state index in [-0.39, 0.29) is 11.3 Å². The molecule has 0 radical (unpaired) electrons. The van der Waals surface area contributed by atoms with Crippen LogP contribution < -0.4 is 0 Å². The first-order valence-electron chi connectivity index (χ1n) is 6.25. The molecule has 1 aliphatic rings. The number of nitrogens with zero attached hydrogens (tertiary/aromatic N) is 2. The summed E-state index contributed by atoms with van der Waals surface area (Å²) in [4.78, 5) is 29.7. The molecule has 0 bridgehead atoms. The van der Waals surface area contributed by atoms with Gasteiger partial charge in [0.1, 0.15) is 5.82 Å². The van der Waals surface area contributed by atoms with Gasteiger partial charge in [-0.15, -0.1) is 0 Å². The first-order valence-corrected chi connectivity index (χ1v) is 6.25. The first-order chi connectivity index (χ1) is 8.70. The second-order valence-corrected chi connectivity index (χ2v) is 4.72. The van der Waals surface area contributed by atoms with Gasteiger partial charge in [0, 0.05) is 12.6 Å². The summed E-state index contributed by atoms with van der Waals surface area (Å²) in [7, 11) is 0. The van der Waals surface area contributed by atoms with Gasteiger partial charge in [0.25, 0.3) is 0 Å². The zero-order valence-corrected chi connectivity index (χ0v) is 10.1. The van der Waals surface area contributed by atoms with Gasteiger partial charge in [-0.3, -0.25) is 4.79 Å². The molecule has 1 aromatic rings. The van der Waals surface area contributed by atoms with Crippen molar-refractivity contribution in [3.8, 4) is 0 Å². The number of hydrogen-bond acceptors (Lipinski definition) is 4. The van der Waals surface area contributed by atoms with Crippen molar-refractivity contribution in [2.24, 2.45) is 5.92 Å². The van der Waals surface area contributed by atoms with Crippen molar-refractivity contribution in [3.63, 3.8) is 0 Å². The van der Waals surface area contributed by atoms with Gasteiger partial charge in [0.05, 0.1) is 5.56 Å². The molecule has 0 atom stereocenters. The van der Waals surface area contributed by atoms with Crippen LogP contribution in [0.2, 0.25) is 0 Å². The van der Waals surface area contributed by atoms with Crippen molar-refractivity contribution in [1.29, 1.82) is 0 Å². The van der Waals surface area contributed by atoms with E-state index in [2.05, 4.69) is 9.97 Å². The molecule has 5 heteroatoms. The average Bonchev–Trinajstić information content (AvgIpc) is 2.40. The minimum atomic E-state index is -1.18. The summed E-state index contributed by atoms with van der Waals surface area (Å²) in [6, 6.07) is 0. The van der Waals surface area contributed by atoms with Crippen molar-refractivity contribution >= 4 is 12.3 Å². The van der Waals surface area contributed by atoms with Gasteiger partial charge < -0.3 is 5.11 Å². The Labute approximate surface area is 105 Å². The highest BCUT2D eigenvalue weighted by Crippen LogP contribution is 2.25. The molecule has 1 aliphatic carbocycles. The number of aromatic nitrogens is 2. The van der Waals surface area contributed by atoms with E-state index in [1.54, 1.807) is 0 Å². The van der Waals surface area contributed by atoms with Crippen LogP contribution in [0.1, 0.15) is 58.8 Å². The zero-order valence-electron chi connectivity index (χ0n) is 10.1. The number of rotatable bonds is 4. The maximum atomic E-state index is 11.0. The fraction of sp³-hybridized carbons (Fsp3) is 0.538. The second-order valence-electron chi connectivity index (χ2n) is 4.72. The number of carbonyl (C=O) groups excluding carboxylic acids is 1. The molecule has 0 saturated heterocycles. The van der Waals surface area contributed by atoms with E-state index < -0.39 is 5.97 Å². The van der Waals surface area contributed by atoms with Crippen molar-refractivity contribution in [1.82, 2.24) is 9.97 Å². The topological polar surface area (TPSA) is 80.2 Å². The molecule has 1 fully saturated rings. The summed E-state index contributed by atoms with van der Waals surface area (Å²) in [6.07, 6.45) is 8.53. The fourth-order valence-corrected chi connectivity index (χ4v) is 2.43. The monoisotopic (exact) mass is 248 g/mol. The van der Waals surface area contributed by atoms with Gasteiger partial charge in [-0.25, -0.2) is 14.8 Å². The lowest BCUT2D eigenvalue weighted by atomic mass is 9.87. The van der Waals surface area contributed by atoms with E-state index >= 15 is 0 Å². The SMILES string of the molecule is O=Cc1cnc(CC2CCCCC2)nc1C(=O)O. The van der Waals surface area contributed by atoms with Gasteiger partial charge >= 0.3 is 5.97 Å². The summed E-state index contributed by atoms with van der Waals surface area (Å²) in [5.41, 5.74) is -0.152. The van der Waals surface area contributed by atoms with Crippen LogP contribution in [0, 0.1) is 5.92 Å². The van der Waals surface area contributed by atoms with Crippen LogP contribution in [0.5, 0.6) is 0 Å². The molecule has 1 saturated carbocycles. The van der Waals surface area contributed by atoms with Crippen LogP contribution in [0.25, 0.3) is 0 Å². The summed E-state index contributed by atoms with van der Waals surface area (Å²) in [5.74, 6) is -0.100. The number of carboxylic acid groups (broad SMARTS) is 1. The number of carbonyl (C=O) groups is 2. The van der Waals surface area contributed by atoms with Crippen LogP contribution in [0.15, 0.2) is 6.20 Å². The van der Waals surface area contributed by atoms with Crippen molar-refractivity contribution in [2.75, 3.05) is 0 Å². The highest BCUT2D eigenvalue weighted by Gasteiger charge is 2.18. The lowest BCUT2D eigenvalue weighted by molar-refractivity contribution is 0.0686. The molecular weight excluding hydrogens is 232 g/mol.